The van der Waals surface area contributed by atoms with Crippen molar-refractivity contribution in [1.82, 2.24) is 4.98 Å². The molecule has 0 aliphatic rings. The fraction of sp³-hybridized carbons (Fsp3) is 0.154. The second-order valence-electron chi connectivity index (χ2n) is 3.53. The molecular formula is C13H13ClN2OS. The predicted octanol–water partition coefficient (Wildman–Crippen LogP) is 3.87. The largest absolute Gasteiger partial charge is 0.492 e. The molecule has 3 nitrogen and oxygen atoms in total. The quantitative estimate of drug-likeness (QED) is 0.864. The molecule has 0 radical (unpaired) electrons. The van der Waals surface area contributed by atoms with E-state index >= 15 is 0 Å². The van der Waals surface area contributed by atoms with Gasteiger partial charge in [0, 0.05) is 11.1 Å². The fourth-order valence-corrected chi connectivity index (χ4v) is 2.46. The Morgan fingerprint density at radius 2 is 2.22 bits per heavy atom. The van der Waals surface area contributed by atoms with E-state index in [0.29, 0.717) is 23.1 Å². The van der Waals surface area contributed by atoms with Crippen LogP contribution in [0.2, 0.25) is 5.02 Å². The second-order valence-corrected chi connectivity index (χ2v) is 4.99. The van der Waals surface area contributed by atoms with Crippen LogP contribution in [0, 0.1) is 0 Å². The van der Waals surface area contributed by atoms with Crippen molar-refractivity contribution in [3.63, 3.8) is 0 Å². The summed E-state index contributed by atoms with van der Waals surface area (Å²) in [6.07, 6.45) is 1.72. The van der Waals surface area contributed by atoms with E-state index in [1.54, 1.807) is 12.3 Å². The number of anilines is 1. The molecule has 94 valence electrons. The van der Waals surface area contributed by atoms with Crippen LogP contribution in [0.1, 0.15) is 6.92 Å². The molecule has 0 fully saturated rings. The summed E-state index contributed by atoms with van der Waals surface area (Å²) in [5.74, 6) is 0.689. The molecule has 0 bridgehead atoms. The molecule has 0 unspecified atom stereocenters. The molecule has 5 heteroatoms. The van der Waals surface area contributed by atoms with E-state index in [1.807, 2.05) is 31.2 Å². The summed E-state index contributed by atoms with van der Waals surface area (Å²) < 4.78 is 5.45. The van der Waals surface area contributed by atoms with Gasteiger partial charge in [-0.1, -0.05) is 23.4 Å². The van der Waals surface area contributed by atoms with Crippen molar-refractivity contribution in [3.05, 3.63) is 41.6 Å². The first kappa shape index (κ1) is 13.1. The molecule has 18 heavy (non-hydrogen) atoms. The SMILES string of the molecule is CCOc1cc(Sc2ncccc2Cl)ccc1N. The molecule has 0 saturated carbocycles. The molecule has 0 saturated heterocycles. The number of hydrogen-bond donors (Lipinski definition) is 1. The van der Waals surface area contributed by atoms with Crippen LogP contribution in [-0.4, -0.2) is 11.6 Å². The number of nitrogens with zero attached hydrogens (tertiary/aromatic N) is 1. The van der Waals surface area contributed by atoms with Gasteiger partial charge in [-0.2, -0.15) is 0 Å². The fourth-order valence-electron chi connectivity index (χ4n) is 1.42. The number of nitrogens with two attached hydrogens (primary N) is 1. The number of aromatic nitrogens is 1. The lowest BCUT2D eigenvalue weighted by atomic mass is 10.3. The zero-order chi connectivity index (χ0) is 13.0. The van der Waals surface area contributed by atoms with E-state index < -0.39 is 0 Å². The van der Waals surface area contributed by atoms with Gasteiger partial charge in [-0.05, 0) is 37.3 Å². The summed E-state index contributed by atoms with van der Waals surface area (Å²) in [4.78, 5) is 5.22. The van der Waals surface area contributed by atoms with Gasteiger partial charge in [0.05, 0.1) is 17.3 Å². The Bertz CT molecular complexity index is 548. The number of rotatable bonds is 4. The summed E-state index contributed by atoms with van der Waals surface area (Å²) in [7, 11) is 0. The van der Waals surface area contributed by atoms with Crippen molar-refractivity contribution < 1.29 is 4.74 Å². The molecule has 0 spiro atoms. The molecule has 2 aromatic rings. The van der Waals surface area contributed by atoms with Crippen molar-refractivity contribution in [2.45, 2.75) is 16.8 Å². The Hall–Kier alpha value is -1.39. The van der Waals surface area contributed by atoms with Gasteiger partial charge in [0.15, 0.2) is 0 Å². The summed E-state index contributed by atoms with van der Waals surface area (Å²) in [6, 6.07) is 9.27. The Balaban J connectivity index is 2.24. The van der Waals surface area contributed by atoms with Crippen LogP contribution in [-0.2, 0) is 0 Å². The number of ether oxygens (including phenoxy) is 1. The van der Waals surface area contributed by atoms with Crippen LogP contribution in [0.15, 0.2) is 46.5 Å². The lowest BCUT2D eigenvalue weighted by Crippen LogP contribution is -1.96. The first-order valence-electron chi connectivity index (χ1n) is 5.51. The van der Waals surface area contributed by atoms with Crippen molar-refractivity contribution in [2.24, 2.45) is 0 Å². The van der Waals surface area contributed by atoms with E-state index in [-0.39, 0.29) is 0 Å². The van der Waals surface area contributed by atoms with E-state index in [4.69, 9.17) is 22.1 Å². The number of hydrogen-bond acceptors (Lipinski definition) is 4. The first-order chi connectivity index (χ1) is 8.70. The van der Waals surface area contributed by atoms with E-state index in [2.05, 4.69) is 4.98 Å². The molecular weight excluding hydrogens is 268 g/mol. The van der Waals surface area contributed by atoms with Crippen LogP contribution >= 0.6 is 23.4 Å². The minimum atomic E-state index is 0.586. The van der Waals surface area contributed by atoms with Crippen LogP contribution in [0.3, 0.4) is 0 Å². The lowest BCUT2D eigenvalue weighted by molar-refractivity contribution is 0.341. The Morgan fingerprint density at radius 1 is 1.39 bits per heavy atom. The maximum absolute atomic E-state index is 6.07. The van der Waals surface area contributed by atoms with Crippen molar-refractivity contribution in [2.75, 3.05) is 12.3 Å². The highest BCUT2D eigenvalue weighted by Crippen LogP contribution is 2.34. The molecule has 0 aliphatic heterocycles. The Kier molecular flexibility index (Phi) is 4.33. The van der Waals surface area contributed by atoms with Gasteiger partial charge in [-0.3, -0.25) is 0 Å². The predicted molar refractivity (Wildman–Crippen MR) is 75.4 cm³/mol. The molecule has 0 aliphatic carbocycles. The molecule has 1 aromatic heterocycles. The van der Waals surface area contributed by atoms with Crippen molar-refractivity contribution in [1.29, 1.82) is 0 Å². The second kappa shape index (κ2) is 5.98. The van der Waals surface area contributed by atoms with E-state index in [1.165, 1.54) is 11.8 Å². The van der Waals surface area contributed by atoms with Crippen LogP contribution in [0.5, 0.6) is 5.75 Å². The first-order valence-corrected chi connectivity index (χ1v) is 6.71. The molecule has 1 heterocycles. The Morgan fingerprint density at radius 3 is 2.94 bits per heavy atom. The normalized spacial score (nSPS) is 10.3. The smallest absolute Gasteiger partial charge is 0.143 e. The van der Waals surface area contributed by atoms with E-state index in [9.17, 15) is 0 Å². The average molecular weight is 281 g/mol. The van der Waals surface area contributed by atoms with Gasteiger partial charge >= 0.3 is 0 Å². The summed E-state index contributed by atoms with van der Waals surface area (Å²) in [6.45, 7) is 2.51. The van der Waals surface area contributed by atoms with Crippen LogP contribution in [0.25, 0.3) is 0 Å². The van der Waals surface area contributed by atoms with Gasteiger partial charge in [-0.25, -0.2) is 4.98 Å². The molecule has 0 amide bonds. The third-order valence-electron chi connectivity index (χ3n) is 2.22. The summed E-state index contributed by atoms with van der Waals surface area (Å²) >= 11 is 7.55. The van der Waals surface area contributed by atoms with Crippen LogP contribution in [0.4, 0.5) is 5.69 Å². The van der Waals surface area contributed by atoms with Crippen molar-refractivity contribution >= 4 is 29.1 Å². The number of pyridine rings is 1. The standard InChI is InChI=1S/C13H13ClN2OS/c1-2-17-12-8-9(5-6-11(12)15)18-13-10(14)4-3-7-16-13/h3-8H,2,15H2,1H3. The molecule has 2 rings (SSSR count). The third kappa shape index (κ3) is 3.09. The molecule has 2 N–H and O–H groups in total. The molecule has 1 aromatic carbocycles. The van der Waals surface area contributed by atoms with Gasteiger partial charge in [0.25, 0.3) is 0 Å². The maximum Gasteiger partial charge on any atom is 0.143 e. The monoisotopic (exact) mass is 280 g/mol. The summed E-state index contributed by atoms with van der Waals surface area (Å²) in [5.41, 5.74) is 6.46. The van der Waals surface area contributed by atoms with Gasteiger partial charge in [0.1, 0.15) is 10.8 Å². The minimum Gasteiger partial charge on any atom is -0.492 e. The number of halogens is 1. The zero-order valence-corrected chi connectivity index (χ0v) is 11.5. The van der Waals surface area contributed by atoms with Crippen LogP contribution < -0.4 is 10.5 Å². The highest BCUT2D eigenvalue weighted by atomic mass is 35.5. The number of nitrogen functional groups attached to an aromatic ring is 1. The summed E-state index contributed by atoms with van der Waals surface area (Å²) in [5, 5.41) is 1.41. The van der Waals surface area contributed by atoms with Gasteiger partial charge < -0.3 is 10.5 Å². The minimum absolute atomic E-state index is 0.586. The van der Waals surface area contributed by atoms with Crippen molar-refractivity contribution in [3.8, 4) is 5.75 Å². The number of benzene rings is 1. The molecule has 0 atom stereocenters. The maximum atomic E-state index is 6.07. The van der Waals surface area contributed by atoms with Gasteiger partial charge in [-0.15, -0.1) is 0 Å². The lowest BCUT2D eigenvalue weighted by Gasteiger charge is -2.09. The zero-order valence-electron chi connectivity index (χ0n) is 9.89. The highest BCUT2D eigenvalue weighted by molar-refractivity contribution is 7.99. The third-order valence-corrected chi connectivity index (χ3v) is 3.65. The Labute approximate surface area is 115 Å². The highest BCUT2D eigenvalue weighted by Gasteiger charge is 2.06. The van der Waals surface area contributed by atoms with Gasteiger partial charge in [0.2, 0.25) is 0 Å². The van der Waals surface area contributed by atoms with E-state index in [0.717, 1.165) is 9.92 Å². The topological polar surface area (TPSA) is 48.1 Å². The average Bonchev–Trinajstić information content (AvgIpc) is 2.36.